The van der Waals surface area contributed by atoms with Crippen LogP contribution in [0.4, 0.5) is 9.59 Å². The molecule has 0 unspecified atom stereocenters. The van der Waals surface area contributed by atoms with Crippen LogP contribution in [0.25, 0.3) is 0 Å². The quantitative estimate of drug-likeness (QED) is 0.772. The summed E-state index contributed by atoms with van der Waals surface area (Å²) in [5.41, 5.74) is 1.32. The van der Waals surface area contributed by atoms with E-state index in [0.717, 1.165) is 0 Å². The minimum atomic E-state index is -1.59. The summed E-state index contributed by atoms with van der Waals surface area (Å²) >= 11 is 0. The van der Waals surface area contributed by atoms with Crippen molar-refractivity contribution in [1.82, 2.24) is 0 Å². The van der Waals surface area contributed by atoms with Crippen molar-refractivity contribution < 1.29 is 38.2 Å². The van der Waals surface area contributed by atoms with Crippen LogP contribution in [-0.4, -0.2) is 46.1 Å². The fraction of sp³-hybridized carbons (Fsp3) is 0.238. The third-order valence-electron chi connectivity index (χ3n) is 4.73. The van der Waals surface area contributed by atoms with E-state index in [-0.39, 0.29) is 13.2 Å². The molecule has 2 amide bonds. The van der Waals surface area contributed by atoms with Gasteiger partial charge in [0.2, 0.25) is 6.04 Å². The molecule has 0 aliphatic carbocycles. The molecule has 1 N–H and O–H groups in total. The van der Waals surface area contributed by atoms with Crippen molar-refractivity contribution in [3.05, 3.63) is 71.8 Å². The monoisotopic (exact) mass is 398 g/mol. The first-order valence-electron chi connectivity index (χ1n) is 8.98. The summed E-state index contributed by atoms with van der Waals surface area (Å²) in [6, 6.07) is 15.9. The Kier molecular flexibility index (Phi) is 6.04. The number of rotatable bonds is 5. The highest BCUT2D eigenvalue weighted by molar-refractivity contribution is 5.95. The number of amides is 2. The van der Waals surface area contributed by atoms with Crippen molar-refractivity contribution >= 4 is 23.9 Å². The molecule has 3 rings (SSSR count). The molecular weight excluding hydrogens is 378 g/mol. The second-order valence-electron chi connectivity index (χ2n) is 6.70. The van der Waals surface area contributed by atoms with Crippen LogP contribution in [0.2, 0.25) is 0 Å². The predicted octanol–water partition coefficient (Wildman–Crippen LogP) is 2.90. The number of aliphatic carboxylic acids is 1. The summed E-state index contributed by atoms with van der Waals surface area (Å²) < 4.78 is 9.13. The Bertz CT molecular complexity index is 856. The molecule has 0 bridgehead atoms. The molecule has 1 atom stereocenters. The van der Waals surface area contributed by atoms with Gasteiger partial charge < -0.3 is 14.6 Å². The molecule has 0 radical (unpaired) electrons. The van der Waals surface area contributed by atoms with Gasteiger partial charge in [0.15, 0.2) is 12.3 Å². The third kappa shape index (κ3) is 4.33. The lowest BCUT2D eigenvalue weighted by Crippen LogP contribution is -2.62. The van der Waals surface area contributed by atoms with Gasteiger partial charge in [0.05, 0.1) is 6.42 Å². The normalized spacial score (nSPS) is 17.5. The molecule has 150 valence electrons. The number of carboxylic acid groups (broad SMARTS) is 1. The molecule has 8 heteroatoms. The Hall–Kier alpha value is -3.52. The van der Waals surface area contributed by atoms with Crippen LogP contribution < -0.4 is 0 Å². The van der Waals surface area contributed by atoms with Gasteiger partial charge >= 0.3 is 18.2 Å². The number of hydrogen-bond acceptors (Lipinski definition) is 6. The Morgan fingerprint density at radius 3 is 1.72 bits per heavy atom. The lowest BCUT2D eigenvalue weighted by Gasteiger charge is -2.28. The zero-order valence-electron chi connectivity index (χ0n) is 15.5. The van der Waals surface area contributed by atoms with Gasteiger partial charge in [0.25, 0.3) is 0 Å². The lowest BCUT2D eigenvalue weighted by atomic mass is 10.2. The maximum absolute atomic E-state index is 12.9. The summed E-state index contributed by atoms with van der Waals surface area (Å²) in [5.74, 6) is -1.96. The topological polar surface area (TPSA) is 107 Å². The van der Waals surface area contributed by atoms with Crippen molar-refractivity contribution in [3.63, 3.8) is 0 Å². The minimum absolute atomic E-state index is 0.161. The lowest BCUT2D eigenvalue weighted by molar-refractivity contribution is -0.786. The summed E-state index contributed by atoms with van der Waals surface area (Å²) in [7, 11) is 0. The van der Waals surface area contributed by atoms with E-state index in [0.29, 0.717) is 11.1 Å². The van der Waals surface area contributed by atoms with Crippen LogP contribution in [0.3, 0.4) is 0 Å². The number of carbonyl (C=O) groups excluding carboxylic acids is 3. The molecule has 1 aliphatic heterocycles. The van der Waals surface area contributed by atoms with Crippen molar-refractivity contribution in [1.29, 1.82) is 0 Å². The predicted molar refractivity (Wildman–Crippen MR) is 99.4 cm³/mol. The Balaban J connectivity index is 1.83. The first-order valence-corrected chi connectivity index (χ1v) is 8.98. The van der Waals surface area contributed by atoms with Gasteiger partial charge in [0, 0.05) is 0 Å². The smallest absolute Gasteiger partial charge is 0.477 e. The van der Waals surface area contributed by atoms with Crippen LogP contribution in [-0.2, 0) is 32.3 Å². The summed E-state index contributed by atoms with van der Waals surface area (Å²) in [5, 5.41) is 9.55. The fourth-order valence-corrected chi connectivity index (χ4v) is 3.23. The van der Waals surface area contributed by atoms with E-state index in [1.54, 1.807) is 60.7 Å². The molecule has 2 aromatic rings. The van der Waals surface area contributed by atoms with Gasteiger partial charge in [-0.05, 0) is 11.1 Å². The number of imide groups is 1. The highest BCUT2D eigenvalue weighted by atomic mass is 16.6. The number of likely N-dealkylation sites (tertiary alicyclic amines) is 1. The van der Waals surface area contributed by atoms with Crippen molar-refractivity contribution in [2.24, 2.45) is 0 Å². The Morgan fingerprint density at radius 1 is 0.862 bits per heavy atom. The number of quaternary nitrogens is 1. The first kappa shape index (κ1) is 20.2. The SMILES string of the molecule is O=C1C[C@@H](C(=O)O)[N+](C(=O)OCc2ccccc2)(C(=O)OCc2ccccc2)C1. The van der Waals surface area contributed by atoms with Crippen LogP contribution in [0, 0.1) is 0 Å². The van der Waals surface area contributed by atoms with Gasteiger partial charge in [-0.25, -0.2) is 4.79 Å². The van der Waals surface area contributed by atoms with E-state index in [1.807, 2.05) is 0 Å². The van der Waals surface area contributed by atoms with E-state index in [4.69, 9.17) is 9.47 Å². The molecule has 2 aromatic carbocycles. The van der Waals surface area contributed by atoms with Crippen LogP contribution >= 0.6 is 0 Å². The molecule has 1 saturated heterocycles. The van der Waals surface area contributed by atoms with Gasteiger partial charge in [-0.1, -0.05) is 60.7 Å². The van der Waals surface area contributed by atoms with Crippen LogP contribution in [0.1, 0.15) is 17.5 Å². The van der Waals surface area contributed by atoms with Gasteiger partial charge in [-0.15, -0.1) is 4.48 Å². The molecule has 29 heavy (non-hydrogen) atoms. The molecule has 1 aliphatic rings. The number of hydrogen-bond donors (Lipinski definition) is 1. The molecular formula is C21H20NO7+. The Labute approximate surface area is 166 Å². The van der Waals surface area contributed by atoms with Crippen LogP contribution in [0.15, 0.2) is 60.7 Å². The Morgan fingerprint density at radius 2 is 1.31 bits per heavy atom. The van der Waals surface area contributed by atoms with Gasteiger partial charge in [-0.2, -0.15) is 9.59 Å². The van der Waals surface area contributed by atoms with E-state index in [9.17, 15) is 24.3 Å². The van der Waals surface area contributed by atoms with Crippen molar-refractivity contribution in [3.8, 4) is 0 Å². The number of carboxylic acids is 1. The maximum atomic E-state index is 12.9. The molecule has 1 fully saturated rings. The second kappa shape index (κ2) is 8.66. The molecule has 0 saturated carbocycles. The highest BCUT2D eigenvalue weighted by Gasteiger charge is 2.64. The van der Waals surface area contributed by atoms with E-state index in [2.05, 4.69) is 0 Å². The molecule has 0 spiro atoms. The largest absolute Gasteiger partial charge is 0.528 e. The third-order valence-corrected chi connectivity index (χ3v) is 4.73. The van der Waals surface area contributed by atoms with E-state index < -0.39 is 47.4 Å². The van der Waals surface area contributed by atoms with Crippen molar-refractivity contribution in [2.75, 3.05) is 6.54 Å². The average molecular weight is 398 g/mol. The average Bonchev–Trinajstić information content (AvgIpc) is 3.10. The zero-order valence-corrected chi connectivity index (χ0v) is 15.5. The van der Waals surface area contributed by atoms with Gasteiger partial charge in [-0.3, -0.25) is 4.79 Å². The number of Topliss-reactive ketones (excluding diaryl/α,β-unsaturated/α-hetero) is 1. The van der Waals surface area contributed by atoms with E-state index in [1.165, 1.54) is 0 Å². The number of benzene rings is 2. The first-order chi connectivity index (χ1) is 13.9. The van der Waals surface area contributed by atoms with Crippen LogP contribution in [0.5, 0.6) is 0 Å². The summed E-state index contributed by atoms with van der Waals surface area (Å²) in [6.07, 6.45) is -2.69. The van der Waals surface area contributed by atoms with E-state index >= 15 is 0 Å². The molecule has 0 aromatic heterocycles. The summed E-state index contributed by atoms with van der Waals surface area (Å²) in [4.78, 5) is 49.5. The number of ketones is 1. The fourth-order valence-electron chi connectivity index (χ4n) is 3.23. The number of ether oxygens (including phenoxy) is 2. The van der Waals surface area contributed by atoms with Gasteiger partial charge in [0.1, 0.15) is 13.2 Å². The van der Waals surface area contributed by atoms with Crippen molar-refractivity contribution in [2.45, 2.75) is 25.7 Å². The number of nitrogens with zero attached hydrogens (tertiary/aromatic N) is 1. The molecule has 1 heterocycles. The maximum Gasteiger partial charge on any atom is 0.528 e. The number of carbonyl (C=O) groups is 4. The minimum Gasteiger partial charge on any atom is -0.477 e. The molecule has 8 nitrogen and oxygen atoms in total. The standard InChI is InChI=1S/C21H19NO7/c23-17-11-18(19(24)25)22(12-17,20(26)28-13-15-7-3-1-4-8-15)21(27)29-14-16-9-5-2-6-10-16/h1-10,18H,11-14H2/p+1/t18-/m0/s1. The summed E-state index contributed by atoms with van der Waals surface area (Å²) in [6.45, 7) is -0.934. The second-order valence-corrected chi connectivity index (χ2v) is 6.70. The zero-order chi connectivity index (χ0) is 20.9. The highest BCUT2D eigenvalue weighted by Crippen LogP contribution is 2.29.